The fraction of sp³-hybridized carbons (Fsp3) is 0.350. The number of oxazole rings is 1. The Labute approximate surface area is 153 Å². The van der Waals surface area contributed by atoms with Crippen molar-refractivity contribution in [3.63, 3.8) is 0 Å². The maximum atomic E-state index is 5.92. The highest BCUT2D eigenvalue weighted by Crippen LogP contribution is 2.27. The first-order chi connectivity index (χ1) is 12.6. The summed E-state index contributed by atoms with van der Waals surface area (Å²) < 4.78 is 21.9. The Morgan fingerprint density at radius 2 is 1.96 bits per heavy atom. The summed E-state index contributed by atoms with van der Waals surface area (Å²) in [5.74, 6) is 2.17. The van der Waals surface area contributed by atoms with Crippen molar-refractivity contribution in [2.75, 3.05) is 19.5 Å². The van der Waals surface area contributed by atoms with Crippen molar-refractivity contribution in [3.05, 3.63) is 47.9 Å². The molecule has 0 saturated heterocycles. The minimum Gasteiger partial charge on any atom is -0.497 e. The fourth-order valence-electron chi connectivity index (χ4n) is 2.64. The van der Waals surface area contributed by atoms with Crippen LogP contribution in [0.4, 0.5) is 5.69 Å². The van der Waals surface area contributed by atoms with E-state index in [1.165, 1.54) is 0 Å². The molecular formula is C20H24N2O4. The molecule has 0 bridgehead atoms. The molecule has 26 heavy (non-hydrogen) atoms. The molecule has 1 heterocycles. The predicted molar refractivity (Wildman–Crippen MR) is 101 cm³/mol. The van der Waals surface area contributed by atoms with Gasteiger partial charge in [-0.15, -0.1) is 0 Å². The van der Waals surface area contributed by atoms with Crippen LogP contribution in [0.2, 0.25) is 0 Å². The number of methoxy groups -OCH3 is 2. The van der Waals surface area contributed by atoms with E-state index < -0.39 is 0 Å². The standard InChI is InChI=1S/C20H24N2O4/c1-13(2)25-19-10-16(24-4)7-5-14(19)11-21-15-6-8-18-17(9-15)22-20(26-18)12-23-3/h5-10,13,21H,11-12H2,1-4H3. The van der Waals surface area contributed by atoms with E-state index in [0.29, 0.717) is 19.0 Å². The summed E-state index contributed by atoms with van der Waals surface area (Å²) in [7, 11) is 3.27. The molecule has 0 aliphatic heterocycles. The molecule has 0 spiro atoms. The van der Waals surface area contributed by atoms with Gasteiger partial charge in [0.25, 0.3) is 0 Å². The van der Waals surface area contributed by atoms with Gasteiger partial charge in [-0.3, -0.25) is 0 Å². The number of ether oxygens (including phenoxy) is 3. The van der Waals surface area contributed by atoms with Crippen LogP contribution in [0.5, 0.6) is 11.5 Å². The Morgan fingerprint density at radius 3 is 2.69 bits per heavy atom. The Morgan fingerprint density at radius 1 is 1.12 bits per heavy atom. The first-order valence-electron chi connectivity index (χ1n) is 8.55. The molecule has 3 rings (SSSR count). The van der Waals surface area contributed by atoms with Crippen LogP contribution in [-0.2, 0) is 17.9 Å². The quantitative estimate of drug-likeness (QED) is 0.646. The van der Waals surface area contributed by atoms with E-state index in [9.17, 15) is 0 Å². The van der Waals surface area contributed by atoms with Gasteiger partial charge in [0.05, 0.1) is 13.2 Å². The van der Waals surface area contributed by atoms with Crippen molar-refractivity contribution in [2.24, 2.45) is 0 Å². The highest BCUT2D eigenvalue weighted by Gasteiger charge is 2.09. The van der Waals surface area contributed by atoms with E-state index >= 15 is 0 Å². The van der Waals surface area contributed by atoms with Gasteiger partial charge in [0.2, 0.25) is 5.89 Å². The van der Waals surface area contributed by atoms with Gasteiger partial charge < -0.3 is 23.9 Å². The van der Waals surface area contributed by atoms with Crippen molar-refractivity contribution in [1.29, 1.82) is 0 Å². The molecule has 1 N–H and O–H groups in total. The Balaban J connectivity index is 1.76. The van der Waals surface area contributed by atoms with Gasteiger partial charge in [-0.2, -0.15) is 0 Å². The SMILES string of the molecule is COCc1nc2cc(NCc3ccc(OC)cc3OC(C)C)ccc2o1. The molecule has 3 aromatic rings. The summed E-state index contributed by atoms with van der Waals surface area (Å²) in [6.07, 6.45) is 0.0894. The summed E-state index contributed by atoms with van der Waals surface area (Å²) in [5.41, 5.74) is 3.56. The smallest absolute Gasteiger partial charge is 0.221 e. The molecule has 0 amide bonds. The first kappa shape index (κ1) is 18.1. The molecule has 6 nitrogen and oxygen atoms in total. The zero-order valence-electron chi connectivity index (χ0n) is 15.5. The van der Waals surface area contributed by atoms with Crippen molar-refractivity contribution in [3.8, 4) is 11.5 Å². The highest BCUT2D eigenvalue weighted by atomic mass is 16.5. The third-order valence-corrected chi connectivity index (χ3v) is 3.82. The molecule has 0 atom stereocenters. The number of nitrogens with one attached hydrogen (secondary N) is 1. The number of rotatable bonds is 8. The van der Waals surface area contributed by atoms with Gasteiger partial charge in [-0.1, -0.05) is 0 Å². The highest BCUT2D eigenvalue weighted by molar-refractivity contribution is 5.77. The second-order valence-corrected chi connectivity index (χ2v) is 6.22. The van der Waals surface area contributed by atoms with Crippen LogP contribution in [0.1, 0.15) is 25.3 Å². The minimum atomic E-state index is 0.0894. The predicted octanol–water partition coefficient (Wildman–Crippen LogP) is 4.38. The van der Waals surface area contributed by atoms with E-state index in [-0.39, 0.29) is 6.10 Å². The third kappa shape index (κ3) is 4.26. The molecule has 0 unspecified atom stereocenters. The lowest BCUT2D eigenvalue weighted by atomic mass is 10.1. The lowest BCUT2D eigenvalue weighted by Crippen LogP contribution is -2.09. The average molecular weight is 356 g/mol. The van der Waals surface area contributed by atoms with Crippen molar-refractivity contribution < 1.29 is 18.6 Å². The van der Waals surface area contributed by atoms with Crippen molar-refractivity contribution in [1.82, 2.24) is 4.98 Å². The molecule has 0 saturated carbocycles. The van der Waals surface area contributed by atoms with E-state index in [2.05, 4.69) is 10.3 Å². The number of aromatic nitrogens is 1. The molecule has 2 aromatic carbocycles. The van der Waals surface area contributed by atoms with Gasteiger partial charge in [0, 0.05) is 31.0 Å². The first-order valence-corrected chi connectivity index (χ1v) is 8.55. The largest absolute Gasteiger partial charge is 0.497 e. The number of benzene rings is 2. The monoisotopic (exact) mass is 356 g/mol. The molecule has 138 valence electrons. The fourth-order valence-corrected chi connectivity index (χ4v) is 2.64. The zero-order valence-corrected chi connectivity index (χ0v) is 15.5. The zero-order chi connectivity index (χ0) is 18.5. The molecule has 0 aliphatic rings. The summed E-state index contributed by atoms with van der Waals surface area (Å²) in [6.45, 7) is 5.00. The molecule has 0 aliphatic carbocycles. The van der Waals surface area contributed by atoms with Gasteiger partial charge in [-0.25, -0.2) is 4.98 Å². The van der Waals surface area contributed by atoms with Crippen LogP contribution >= 0.6 is 0 Å². The molecular weight excluding hydrogens is 332 g/mol. The lowest BCUT2D eigenvalue weighted by molar-refractivity contribution is 0.161. The van der Waals surface area contributed by atoms with Crippen LogP contribution in [0, 0.1) is 0 Å². The number of hydrogen-bond donors (Lipinski definition) is 1. The maximum Gasteiger partial charge on any atom is 0.221 e. The van der Waals surface area contributed by atoms with Gasteiger partial charge in [0.1, 0.15) is 23.6 Å². The number of anilines is 1. The number of hydrogen-bond acceptors (Lipinski definition) is 6. The van der Waals surface area contributed by atoms with Gasteiger partial charge >= 0.3 is 0 Å². The normalized spacial score (nSPS) is 11.1. The molecule has 0 radical (unpaired) electrons. The van der Waals surface area contributed by atoms with Crippen LogP contribution < -0.4 is 14.8 Å². The Kier molecular flexibility index (Phi) is 5.63. The molecule has 1 aromatic heterocycles. The van der Waals surface area contributed by atoms with E-state index in [1.54, 1.807) is 14.2 Å². The molecule has 6 heteroatoms. The topological polar surface area (TPSA) is 65.8 Å². The van der Waals surface area contributed by atoms with E-state index in [0.717, 1.165) is 33.8 Å². The van der Waals surface area contributed by atoms with Crippen LogP contribution in [0.3, 0.4) is 0 Å². The van der Waals surface area contributed by atoms with Crippen LogP contribution in [0.25, 0.3) is 11.1 Å². The van der Waals surface area contributed by atoms with Crippen LogP contribution in [0.15, 0.2) is 40.8 Å². The third-order valence-electron chi connectivity index (χ3n) is 3.82. The van der Waals surface area contributed by atoms with E-state index in [4.69, 9.17) is 18.6 Å². The van der Waals surface area contributed by atoms with Crippen LogP contribution in [-0.4, -0.2) is 25.3 Å². The van der Waals surface area contributed by atoms with Gasteiger partial charge in [0.15, 0.2) is 5.58 Å². The number of nitrogens with zero attached hydrogens (tertiary/aromatic N) is 1. The van der Waals surface area contributed by atoms with E-state index in [1.807, 2.05) is 50.2 Å². The van der Waals surface area contributed by atoms with Crippen molar-refractivity contribution >= 4 is 16.8 Å². The Bertz CT molecular complexity index is 873. The average Bonchev–Trinajstić information content (AvgIpc) is 3.02. The minimum absolute atomic E-state index is 0.0894. The summed E-state index contributed by atoms with van der Waals surface area (Å²) in [4.78, 5) is 4.42. The number of fused-ring (bicyclic) bond motifs is 1. The van der Waals surface area contributed by atoms with Crippen molar-refractivity contribution in [2.45, 2.75) is 33.1 Å². The summed E-state index contributed by atoms with van der Waals surface area (Å²) >= 11 is 0. The summed E-state index contributed by atoms with van der Waals surface area (Å²) in [5, 5.41) is 3.41. The lowest BCUT2D eigenvalue weighted by Gasteiger charge is -2.16. The Hall–Kier alpha value is -2.73. The summed E-state index contributed by atoms with van der Waals surface area (Å²) in [6, 6.07) is 11.7. The molecule has 0 fully saturated rings. The maximum absolute atomic E-state index is 5.92. The van der Waals surface area contributed by atoms with Gasteiger partial charge in [-0.05, 0) is 44.2 Å². The second-order valence-electron chi connectivity index (χ2n) is 6.22. The second kappa shape index (κ2) is 8.10.